The van der Waals surface area contributed by atoms with Gasteiger partial charge in [0.25, 0.3) is 5.91 Å². The van der Waals surface area contributed by atoms with Gasteiger partial charge in [0.05, 0.1) is 4.88 Å². The molecule has 0 radical (unpaired) electrons. The van der Waals surface area contributed by atoms with E-state index >= 15 is 0 Å². The van der Waals surface area contributed by atoms with E-state index < -0.39 is 0 Å². The molecule has 0 saturated carbocycles. The van der Waals surface area contributed by atoms with Crippen molar-refractivity contribution in [2.24, 2.45) is 5.73 Å². The van der Waals surface area contributed by atoms with Gasteiger partial charge in [0.1, 0.15) is 0 Å². The molecule has 3 N–H and O–H groups in total. The number of carbonyl (C=O) groups excluding carboxylic acids is 2. The Balaban J connectivity index is 1.80. The minimum atomic E-state index is -0.00478. The lowest BCUT2D eigenvalue weighted by Gasteiger charge is -2.32. The summed E-state index contributed by atoms with van der Waals surface area (Å²) in [7, 11) is 0. The van der Waals surface area contributed by atoms with Gasteiger partial charge in [-0.15, -0.1) is 11.3 Å². The fourth-order valence-electron chi connectivity index (χ4n) is 2.37. The van der Waals surface area contributed by atoms with Crippen LogP contribution in [0.4, 0.5) is 0 Å². The van der Waals surface area contributed by atoms with E-state index in [4.69, 9.17) is 5.73 Å². The average Bonchev–Trinajstić information content (AvgIpc) is 2.86. The number of amides is 2. The first-order chi connectivity index (χ1) is 9.60. The van der Waals surface area contributed by atoms with Crippen LogP contribution in [-0.4, -0.2) is 42.4 Å². The van der Waals surface area contributed by atoms with Crippen molar-refractivity contribution >= 4 is 23.2 Å². The number of nitrogens with two attached hydrogens (primary N) is 1. The molecule has 6 heteroatoms. The van der Waals surface area contributed by atoms with E-state index in [0.29, 0.717) is 26.1 Å². The summed E-state index contributed by atoms with van der Waals surface area (Å²) in [4.78, 5) is 27.5. The third-order valence-corrected chi connectivity index (χ3v) is 4.50. The molecular weight excluding hydrogens is 274 g/mol. The number of nitrogens with one attached hydrogen (secondary N) is 1. The van der Waals surface area contributed by atoms with Crippen LogP contribution in [0.25, 0.3) is 0 Å². The predicted octanol–water partition coefficient (Wildman–Crippen LogP) is 1.13. The van der Waals surface area contributed by atoms with Crippen molar-refractivity contribution in [2.45, 2.75) is 32.2 Å². The zero-order valence-corrected chi connectivity index (χ0v) is 12.5. The summed E-state index contributed by atoms with van der Waals surface area (Å²) in [5, 5.41) is 3.05. The third-order valence-electron chi connectivity index (χ3n) is 3.51. The second kappa shape index (κ2) is 6.85. The lowest BCUT2D eigenvalue weighted by Crippen LogP contribution is -2.46. The molecule has 110 valence electrons. The molecular formula is C14H21N3O2S. The minimum Gasteiger partial charge on any atom is -0.348 e. The quantitative estimate of drug-likeness (QED) is 0.874. The smallest absolute Gasteiger partial charge is 0.261 e. The average molecular weight is 295 g/mol. The lowest BCUT2D eigenvalue weighted by atomic mass is 10.0. The fraction of sp³-hybridized carbons (Fsp3) is 0.571. The lowest BCUT2D eigenvalue weighted by molar-refractivity contribution is -0.132. The van der Waals surface area contributed by atoms with Crippen molar-refractivity contribution in [3.63, 3.8) is 0 Å². The van der Waals surface area contributed by atoms with Crippen molar-refractivity contribution in [2.75, 3.05) is 19.6 Å². The highest BCUT2D eigenvalue weighted by Gasteiger charge is 2.23. The number of hydrogen-bond acceptors (Lipinski definition) is 4. The van der Waals surface area contributed by atoms with Crippen LogP contribution in [0.1, 0.15) is 33.8 Å². The SMILES string of the molecule is Cc1ccc(C(=O)NC2CCN(C(=O)CCN)CC2)s1. The number of carbonyl (C=O) groups is 2. The van der Waals surface area contributed by atoms with Crippen LogP contribution in [0.2, 0.25) is 0 Å². The number of aryl methyl sites for hydroxylation is 1. The van der Waals surface area contributed by atoms with E-state index in [0.717, 1.165) is 22.6 Å². The monoisotopic (exact) mass is 295 g/mol. The Morgan fingerprint density at radius 2 is 2.10 bits per heavy atom. The van der Waals surface area contributed by atoms with Crippen molar-refractivity contribution in [3.05, 3.63) is 21.9 Å². The molecule has 5 nitrogen and oxygen atoms in total. The van der Waals surface area contributed by atoms with Gasteiger partial charge in [0.2, 0.25) is 5.91 Å². The topological polar surface area (TPSA) is 75.4 Å². The molecule has 0 aromatic carbocycles. The molecule has 0 bridgehead atoms. The second-order valence-corrected chi connectivity index (χ2v) is 6.37. The Hall–Kier alpha value is -1.40. The molecule has 1 saturated heterocycles. The van der Waals surface area contributed by atoms with Gasteiger partial charge in [-0.05, 0) is 31.9 Å². The van der Waals surface area contributed by atoms with E-state index in [1.54, 1.807) is 0 Å². The van der Waals surface area contributed by atoms with Gasteiger partial charge in [0, 0.05) is 37.0 Å². The molecule has 0 unspecified atom stereocenters. The predicted molar refractivity (Wildman–Crippen MR) is 79.8 cm³/mol. The number of hydrogen-bond donors (Lipinski definition) is 2. The fourth-order valence-corrected chi connectivity index (χ4v) is 3.14. The van der Waals surface area contributed by atoms with Crippen LogP contribution in [0.15, 0.2) is 12.1 Å². The maximum absolute atomic E-state index is 12.0. The maximum atomic E-state index is 12.0. The summed E-state index contributed by atoms with van der Waals surface area (Å²) in [5.74, 6) is 0.112. The molecule has 2 heterocycles. The van der Waals surface area contributed by atoms with Gasteiger partial charge in [-0.1, -0.05) is 0 Å². The van der Waals surface area contributed by atoms with E-state index in [2.05, 4.69) is 5.32 Å². The molecule has 1 aliphatic rings. The first-order valence-corrected chi connectivity index (χ1v) is 7.77. The van der Waals surface area contributed by atoms with Gasteiger partial charge in [-0.3, -0.25) is 9.59 Å². The zero-order chi connectivity index (χ0) is 14.5. The molecule has 1 aromatic heterocycles. The Morgan fingerprint density at radius 3 is 2.65 bits per heavy atom. The van der Waals surface area contributed by atoms with Crippen LogP contribution in [0.3, 0.4) is 0 Å². The standard InChI is InChI=1S/C14H21N3O2S/c1-10-2-3-12(20-10)14(19)16-11-5-8-17(9-6-11)13(18)4-7-15/h2-3,11H,4-9,15H2,1H3,(H,16,19). The number of piperidine rings is 1. The van der Waals surface area contributed by atoms with Crippen LogP contribution in [0.5, 0.6) is 0 Å². The van der Waals surface area contributed by atoms with Crippen LogP contribution in [-0.2, 0) is 4.79 Å². The molecule has 2 amide bonds. The molecule has 1 aromatic rings. The molecule has 2 rings (SSSR count). The Morgan fingerprint density at radius 1 is 1.40 bits per heavy atom. The second-order valence-electron chi connectivity index (χ2n) is 5.08. The Kier molecular flexibility index (Phi) is 5.14. The highest BCUT2D eigenvalue weighted by Crippen LogP contribution is 2.17. The summed E-state index contributed by atoms with van der Waals surface area (Å²) in [6.07, 6.45) is 2.03. The van der Waals surface area contributed by atoms with Gasteiger partial charge >= 0.3 is 0 Å². The van der Waals surface area contributed by atoms with Crippen molar-refractivity contribution in [3.8, 4) is 0 Å². The maximum Gasteiger partial charge on any atom is 0.261 e. The van der Waals surface area contributed by atoms with Crippen LogP contribution < -0.4 is 11.1 Å². The van der Waals surface area contributed by atoms with Gasteiger partial charge in [-0.2, -0.15) is 0 Å². The number of rotatable bonds is 4. The summed E-state index contributed by atoms with van der Waals surface area (Å²) >= 11 is 1.51. The third kappa shape index (κ3) is 3.80. The molecule has 0 aliphatic carbocycles. The summed E-state index contributed by atoms with van der Waals surface area (Å²) in [6, 6.07) is 3.97. The molecule has 1 aliphatic heterocycles. The van der Waals surface area contributed by atoms with Crippen molar-refractivity contribution in [1.29, 1.82) is 0 Å². The van der Waals surface area contributed by atoms with E-state index in [1.807, 2.05) is 24.0 Å². The van der Waals surface area contributed by atoms with E-state index in [9.17, 15) is 9.59 Å². The van der Waals surface area contributed by atoms with Crippen molar-refractivity contribution < 1.29 is 9.59 Å². The number of thiophene rings is 1. The molecule has 1 fully saturated rings. The first kappa shape index (κ1) is 15.0. The Labute approximate surface area is 123 Å². The normalized spacial score (nSPS) is 16.2. The van der Waals surface area contributed by atoms with Crippen LogP contribution >= 0.6 is 11.3 Å². The Bertz CT molecular complexity index is 479. The molecule has 0 spiro atoms. The van der Waals surface area contributed by atoms with Crippen molar-refractivity contribution in [1.82, 2.24) is 10.2 Å². The van der Waals surface area contributed by atoms with E-state index in [1.165, 1.54) is 11.3 Å². The number of nitrogens with zero attached hydrogens (tertiary/aromatic N) is 1. The summed E-state index contributed by atoms with van der Waals surface area (Å²) in [5.41, 5.74) is 5.39. The molecule has 20 heavy (non-hydrogen) atoms. The zero-order valence-electron chi connectivity index (χ0n) is 11.7. The molecule has 0 atom stereocenters. The van der Waals surface area contributed by atoms with Gasteiger partial charge < -0.3 is 16.0 Å². The highest BCUT2D eigenvalue weighted by molar-refractivity contribution is 7.13. The highest BCUT2D eigenvalue weighted by atomic mass is 32.1. The van der Waals surface area contributed by atoms with Crippen LogP contribution in [0, 0.1) is 6.92 Å². The summed E-state index contributed by atoms with van der Waals surface area (Å²) in [6.45, 7) is 3.79. The van der Waals surface area contributed by atoms with Gasteiger partial charge in [0.15, 0.2) is 0 Å². The number of likely N-dealkylation sites (tertiary alicyclic amines) is 1. The minimum absolute atomic E-state index is 0.00478. The van der Waals surface area contributed by atoms with E-state index in [-0.39, 0.29) is 17.9 Å². The van der Waals surface area contributed by atoms with Gasteiger partial charge in [-0.25, -0.2) is 0 Å². The summed E-state index contributed by atoms with van der Waals surface area (Å²) < 4.78 is 0. The first-order valence-electron chi connectivity index (χ1n) is 6.95. The largest absolute Gasteiger partial charge is 0.348 e.